The molecule has 152 valence electrons. The van der Waals surface area contributed by atoms with E-state index in [1.807, 2.05) is 25.5 Å². The van der Waals surface area contributed by atoms with Crippen LogP contribution in [-0.2, 0) is 11.8 Å². The maximum atomic E-state index is 12.9. The lowest BCUT2D eigenvalue weighted by atomic mass is 9.94. The average molecular weight is 398 g/mol. The number of H-pyrrole nitrogens is 1. The van der Waals surface area contributed by atoms with Crippen molar-refractivity contribution in [2.24, 2.45) is 7.05 Å². The molecule has 1 aliphatic carbocycles. The summed E-state index contributed by atoms with van der Waals surface area (Å²) in [7, 11) is 1.89. The first kappa shape index (κ1) is 18.0. The van der Waals surface area contributed by atoms with Crippen LogP contribution in [-0.4, -0.2) is 69.2 Å². The number of ether oxygens (including phenoxy) is 1. The van der Waals surface area contributed by atoms with Gasteiger partial charge in [-0.2, -0.15) is 5.10 Å². The number of nitrogens with zero attached hydrogens (tertiary/aromatic N) is 5. The maximum Gasteiger partial charge on any atom is 0.410 e. The Labute approximate surface area is 167 Å². The normalized spacial score (nSPS) is 22.0. The number of rotatable bonds is 3. The molecule has 5 rings (SSSR count). The number of aromatic nitrogens is 4. The fourth-order valence-corrected chi connectivity index (χ4v) is 3.95. The quantitative estimate of drug-likeness (QED) is 0.734. The first-order chi connectivity index (χ1) is 14.1. The van der Waals surface area contributed by atoms with Crippen molar-refractivity contribution < 1.29 is 13.9 Å². The molecule has 0 unspecified atom stereocenters. The van der Waals surface area contributed by atoms with Crippen molar-refractivity contribution >= 4 is 22.8 Å². The van der Waals surface area contributed by atoms with E-state index in [1.54, 1.807) is 15.8 Å². The molecule has 3 aromatic heterocycles. The first-order valence-electron chi connectivity index (χ1n) is 9.88. The van der Waals surface area contributed by atoms with E-state index < -0.39 is 6.17 Å². The predicted molar refractivity (Wildman–Crippen MR) is 106 cm³/mol. The molecule has 0 bridgehead atoms. The van der Waals surface area contributed by atoms with Gasteiger partial charge in [-0.3, -0.25) is 4.68 Å². The van der Waals surface area contributed by atoms with Crippen LogP contribution in [0.25, 0.3) is 22.3 Å². The van der Waals surface area contributed by atoms with E-state index in [1.165, 1.54) is 0 Å². The lowest BCUT2D eigenvalue weighted by Crippen LogP contribution is -2.50. The van der Waals surface area contributed by atoms with E-state index in [2.05, 4.69) is 26.0 Å². The van der Waals surface area contributed by atoms with Gasteiger partial charge in [0, 0.05) is 75.1 Å². The molecule has 4 heterocycles. The number of pyridine rings is 1. The topological polar surface area (TPSA) is 79.3 Å². The Kier molecular flexibility index (Phi) is 4.37. The van der Waals surface area contributed by atoms with E-state index in [4.69, 9.17) is 4.74 Å². The highest BCUT2D eigenvalue weighted by Gasteiger charge is 2.34. The minimum atomic E-state index is -0.823. The zero-order valence-corrected chi connectivity index (χ0v) is 16.2. The molecule has 3 aromatic rings. The highest BCUT2D eigenvalue weighted by atomic mass is 19.1. The number of hydrogen-bond acceptors (Lipinski definition) is 5. The number of anilines is 1. The van der Waals surface area contributed by atoms with Gasteiger partial charge >= 0.3 is 6.09 Å². The Morgan fingerprint density at radius 2 is 2.07 bits per heavy atom. The number of carbonyl (C=O) groups is 1. The summed E-state index contributed by atoms with van der Waals surface area (Å²) >= 11 is 0. The first-order valence-corrected chi connectivity index (χ1v) is 9.88. The number of hydrogen-bond donors (Lipinski definition) is 1. The molecule has 1 saturated heterocycles. The van der Waals surface area contributed by atoms with Crippen molar-refractivity contribution in [1.82, 2.24) is 24.6 Å². The Morgan fingerprint density at radius 3 is 2.76 bits per heavy atom. The summed E-state index contributed by atoms with van der Waals surface area (Å²) in [6.45, 7) is 2.57. The zero-order chi connectivity index (χ0) is 20.0. The van der Waals surface area contributed by atoms with Crippen LogP contribution in [0.3, 0.4) is 0 Å². The summed E-state index contributed by atoms with van der Waals surface area (Å²) in [6, 6.07) is 4.10. The Bertz CT molecular complexity index is 1030. The number of amides is 1. The number of aryl methyl sites for hydroxylation is 1. The lowest BCUT2D eigenvalue weighted by Gasteiger charge is -2.37. The molecule has 0 aromatic carbocycles. The maximum absolute atomic E-state index is 12.9. The van der Waals surface area contributed by atoms with E-state index in [0.717, 1.165) is 28.0 Å². The summed E-state index contributed by atoms with van der Waals surface area (Å²) in [5.74, 6) is 0. The monoisotopic (exact) mass is 398 g/mol. The van der Waals surface area contributed by atoms with E-state index in [0.29, 0.717) is 39.0 Å². The van der Waals surface area contributed by atoms with Crippen molar-refractivity contribution in [3.8, 4) is 11.3 Å². The minimum absolute atomic E-state index is 0.263. The van der Waals surface area contributed by atoms with Crippen molar-refractivity contribution in [2.45, 2.75) is 25.1 Å². The summed E-state index contributed by atoms with van der Waals surface area (Å²) in [5.41, 5.74) is 3.90. The van der Waals surface area contributed by atoms with Crippen LogP contribution in [0.2, 0.25) is 0 Å². The second-order valence-corrected chi connectivity index (χ2v) is 7.73. The molecule has 8 nitrogen and oxygen atoms in total. The molecule has 1 aliphatic heterocycles. The number of aromatic amines is 1. The summed E-state index contributed by atoms with van der Waals surface area (Å²) < 4.78 is 20.1. The standard InChI is InChI=1S/C20H23FN6O2/c1-25-12-13(11-23-25)17-10-16-18(2-3-22-19(16)24-17)26-4-6-27(7-5-26)20(28)29-15-8-14(21)9-15/h2-3,10-12,14-15H,4-9H2,1H3,(H,22,24)/t14-,15-. The zero-order valence-electron chi connectivity index (χ0n) is 16.2. The van der Waals surface area contributed by atoms with Crippen LogP contribution >= 0.6 is 0 Å². The van der Waals surface area contributed by atoms with Gasteiger partial charge in [-0.05, 0) is 12.1 Å². The van der Waals surface area contributed by atoms with E-state index in [-0.39, 0.29) is 12.2 Å². The van der Waals surface area contributed by atoms with E-state index >= 15 is 0 Å². The molecule has 2 fully saturated rings. The van der Waals surface area contributed by atoms with Crippen LogP contribution in [0.15, 0.2) is 30.7 Å². The third-order valence-electron chi connectivity index (χ3n) is 5.71. The summed E-state index contributed by atoms with van der Waals surface area (Å²) in [6.07, 6.45) is 4.82. The van der Waals surface area contributed by atoms with Crippen LogP contribution in [0.1, 0.15) is 12.8 Å². The Balaban J connectivity index is 1.29. The molecule has 0 atom stereocenters. The lowest BCUT2D eigenvalue weighted by molar-refractivity contribution is -0.0132. The molecular weight excluding hydrogens is 375 g/mol. The molecule has 9 heteroatoms. The average Bonchev–Trinajstić information content (AvgIpc) is 3.32. The Morgan fingerprint density at radius 1 is 1.28 bits per heavy atom. The highest BCUT2D eigenvalue weighted by Crippen LogP contribution is 2.31. The van der Waals surface area contributed by atoms with Gasteiger partial charge in [0.2, 0.25) is 0 Å². The van der Waals surface area contributed by atoms with Crippen molar-refractivity contribution in [3.05, 3.63) is 30.7 Å². The van der Waals surface area contributed by atoms with Gasteiger partial charge in [-0.15, -0.1) is 0 Å². The molecule has 0 spiro atoms. The van der Waals surface area contributed by atoms with Gasteiger partial charge < -0.3 is 19.5 Å². The molecule has 1 saturated carbocycles. The Hall–Kier alpha value is -3.10. The summed E-state index contributed by atoms with van der Waals surface area (Å²) in [4.78, 5) is 24.1. The number of nitrogens with one attached hydrogen (secondary N) is 1. The number of piperazine rings is 1. The highest BCUT2D eigenvalue weighted by molar-refractivity contribution is 5.93. The second kappa shape index (κ2) is 7.06. The minimum Gasteiger partial charge on any atom is -0.446 e. The van der Waals surface area contributed by atoms with Crippen LogP contribution in [0, 0.1) is 0 Å². The van der Waals surface area contributed by atoms with Gasteiger partial charge in [-0.1, -0.05) is 0 Å². The van der Waals surface area contributed by atoms with Gasteiger partial charge in [0.1, 0.15) is 17.9 Å². The van der Waals surface area contributed by atoms with Gasteiger partial charge in [0.05, 0.1) is 11.9 Å². The SMILES string of the molecule is Cn1cc(-c2cc3c(N4CCN(C(=O)O[C@H]5C[C@H](F)C5)CC4)ccnc3[nH]2)cn1. The number of carbonyl (C=O) groups excluding carboxylic acids is 1. The van der Waals surface area contributed by atoms with Gasteiger partial charge in [0.25, 0.3) is 0 Å². The van der Waals surface area contributed by atoms with Crippen molar-refractivity contribution in [1.29, 1.82) is 0 Å². The van der Waals surface area contributed by atoms with E-state index in [9.17, 15) is 9.18 Å². The van der Waals surface area contributed by atoms with Crippen molar-refractivity contribution in [3.63, 3.8) is 0 Å². The summed E-state index contributed by atoms with van der Waals surface area (Å²) in [5, 5.41) is 5.28. The smallest absolute Gasteiger partial charge is 0.410 e. The van der Waals surface area contributed by atoms with Gasteiger partial charge in [0.15, 0.2) is 0 Å². The molecule has 2 aliphatic rings. The molecule has 29 heavy (non-hydrogen) atoms. The third kappa shape index (κ3) is 3.41. The van der Waals surface area contributed by atoms with Crippen LogP contribution in [0.4, 0.5) is 14.9 Å². The van der Waals surface area contributed by atoms with Crippen LogP contribution < -0.4 is 4.90 Å². The molecule has 0 radical (unpaired) electrons. The molecule has 1 amide bonds. The van der Waals surface area contributed by atoms with Gasteiger partial charge in [-0.25, -0.2) is 14.2 Å². The number of fused-ring (bicyclic) bond motifs is 1. The fourth-order valence-electron chi connectivity index (χ4n) is 3.95. The third-order valence-corrected chi connectivity index (χ3v) is 5.71. The number of halogens is 1. The predicted octanol–water partition coefficient (Wildman–Crippen LogP) is 2.72. The molecule has 1 N–H and O–H groups in total. The largest absolute Gasteiger partial charge is 0.446 e. The van der Waals surface area contributed by atoms with Crippen LogP contribution in [0.5, 0.6) is 0 Å². The fraction of sp³-hybridized carbons (Fsp3) is 0.450. The number of alkyl halides is 1. The van der Waals surface area contributed by atoms with Crippen molar-refractivity contribution in [2.75, 3.05) is 31.1 Å². The molecular formula is C20H23FN6O2. The second-order valence-electron chi connectivity index (χ2n) is 7.73.